The van der Waals surface area contributed by atoms with Crippen LogP contribution in [-0.4, -0.2) is 25.8 Å². The molecule has 0 atom stereocenters. The largest absolute Gasteiger partial charge is 0.477 e. The Labute approximate surface area is 127 Å². The van der Waals surface area contributed by atoms with E-state index in [1.165, 1.54) is 6.20 Å². The lowest BCUT2D eigenvalue weighted by Gasteiger charge is -2.11. The molecule has 0 aliphatic rings. The first kappa shape index (κ1) is 13.8. The van der Waals surface area contributed by atoms with E-state index in [2.05, 4.69) is 15.4 Å². The zero-order valence-corrected chi connectivity index (χ0v) is 11.7. The van der Waals surface area contributed by atoms with Gasteiger partial charge in [0, 0.05) is 18.9 Å². The summed E-state index contributed by atoms with van der Waals surface area (Å²) in [5.41, 5.74) is 1.89. The molecule has 3 rings (SSSR count). The van der Waals surface area contributed by atoms with Gasteiger partial charge in [0.15, 0.2) is 0 Å². The summed E-state index contributed by atoms with van der Waals surface area (Å²) in [7, 11) is 0. The number of benzene rings is 1. The lowest BCUT2D eigenvalue weighted by molar-refractivity contribution is 0.0698. The molecule has 3 aromatic rings. The standard InChI is InChI=1S/C16H14N4O2/c21-16(22)14-11-19-20(13-6-2-1-3-7-13)15(14)18-10-12-5-4-8-17-9-12/h1-9,11,18H,10H2,(H,21,22). The quantitative estimate of drug-likeness (QED) is 0.756. The first-order chi connectivity index (χ1) is 10.8. The summed E-state index contributed by atoms with van der Waals surface area (Å²) in [6.07, 6.45) is 4.78. The number of nitrogens with zero attached hydrogens (tertiary/aromatic N) is 3. The third-order valence-electron chi connectivity index (χ3n) is 3.18. The van der Waals surface area contributed by atoms with Crippen molar-refractivity contribution in [3.8, 4) is 5.69 Å². The number of carbonyl (C=O) groups is 1. The number of hydrogen-bond donors (Lipinski definition) is 2. The minimum atomic E-state index is -1.02. The first-order valence-corrected chi connectivity index (χ1v) is 6.75. The molecule has 0 amide bonds. The van der Waals surface area contributed by atoms with E-state index < -0.39 is 5.97 Å². The Hall–Kier alpha value is -3.15. The molecule has 1 aromatic carbocycles. The van der Waals surface area contributed by atoms with Crippen molar-refractivity contribution < 1.29 is 9.90 Å². The van der Waals surface area contributed by atoms with Gasteiger partial charge in [-0.05, 0) is 23.8 Å². The number of carboxylic acids is 1. The van der Waals surface area contributed by atoms with E-state index in [1.54, 1.807) is 17.1 Å². The number of rotatable bonds is 5. The van der Waals surface area contributed by atoms with Crippen LogP contribution in [0.1, 0.15) is 15.9 Å². The Morgan fingerprint density at radius 3 is 2.64 bits per heavy atom. The molecule has 110 valence electrons. The van der Waals surface area contributed by atoms with Gasteiger partial charge < -0.3 is 10.4 Å². The van der Waals surface area contributed by atoms with E-state index in [-0.39, 0.29) is 5.56 Å². The molecule has 6 nitrogen and oxygen atoms in total. The third kappa shape index (κ3) is 2.80. The number of hydrogen-bond acceptors (Lipinski definition) is 4. The third-order valence-corrected chi connectivity index (χ3v) is 3.18. The number of aromatic nitrogens is 3. The van der Waals surface area contributed by atoms with Crippen molar-refractivity contribution >= 4 is 11.8 Å². The average Bonchev–Trinajstić information content (AvgIpc) is 2.99. The van der Waals surface area contributed by atoms with Gasteiger partial charge in [0.05, 0.1) is 11.9 Å². The maximum Gasteiger partial charge on any atom is 0.341 e. The summed E-state index contributed by atoms with van der Waals surface area (Å²) in [5.74, 6) is -0.571. The Morgan fingerprint density at radius 2 is 1.95 bits per heavy atom. The molecule has 0 spiro atoms. The normalized spacial score (nSPS) is 10.4. The van der Waals surface area contributed by atoms with Gasteiger partial charge in [-0.15, -0.1) is 0 Å². The zero-order valence-electron chi connectivity index (χ0n) is 11.7. The second-order valence-corrected chi connectivity index (χ2v) is 4.67. The Kier molecular flexibility index (Phi) is 3.82. The molecule has 0 aliphatic heterocycles. The van der Waals surface area contributed by atoms with Crippen molar-refractivity contribution in [2.45, 2.75) is 6.54 Å². The van der Waals surface area contributed by atoms with Crippen molar-refractivity contribution in [2.75, 3.05) is 5.32 Å². The molecule has 6 heteroatoms. The molecule has 2 aromatic heterocycles. The Morgan fingerprint density at radius 1 is 1.14 bits per heavy atom. The molecule has 0 bridgehead atoms. The highest BCUT2D eigenvalue weighted by Gasteiger charge is 2.17. The number of pyridine rings is 1. The van der Waals surface area contributed by atoms with Crippen LogP contribution in [0, 0.1) is 0 Å². The minimum absolute atomic E-state index is 0.132. The highest BCUT2D eigenvalue weighted by atomic mass is 16.4. The fourth-order valence-electron chi connectivity index (χ4n) is 2.13. The number of carboxylic acid groups (broad SMARTS) is 1. The van der Waals surface area contributed by atoms with Crippen molar-refractivity contribution in [3.05, 3.63) is 72.2 Å². The Bertz CT molecular complexity index is 769. The summed E-state index contributed by atoms with van der Waals surface area (Å²) >= 11 is 0. The van der Waals surface area contributed by atoms with E-state index in [9.17, 15) is 9.90 Å². The van der Waals surface area contributed by atoms with Crippen molar-refractivity contribution in [2.24, 2.45) is 0 Å². The van der Waals surface area contributed by atoms with Gasteiger partial charge in [0.1, 0.15) is 11.4 Å². The van der Waals surface area contributed by atoms with Crippen molar-refractivity contribution in [3.63, 3.8) is 0 Å². The maximum atomic E-state index is 11.4. The van der Waals surface area contributed by atoms with Gasteiger partial charge >= 0.3 is 5.97 Å². The second kappa shape index (κ2) is 6.09. The SMILES string of the molecule is O=C(O)c1cnn(-c2ccccc2)c1NCc1cccnc1. The zero-order chi connectivity index (χ0) is 15.4. The lowest BCUT2D eigenvalue weighted by Crippen LogP contribution is -2.10. The number of anilines is 1. The summed E-state index contributed by atoms with van der Waals surface area (Å²) < 4.78 is 1.58. The number of para-hydroxylation sites is 1. The van der Waals surface area contributed by atoms with Crippen LogP contribution >= 0.6 is 0 Å². The first-order valence-electron chi connectivity index (χ1n) is 6.75. The molecular weight excluding hydrogens is 280 g/mol. The minimum Gasteiger partial charge on any atom is -0.477 e. The van der Waals surface area contributed by atoms with Gasteiger partial charge in [-0.1, -0.05) is 24.3 Å². The van der Waals surface area contributed by atoms with Crippen LogP contribution in [0.4, 0.5) is 5.82 Å². The average molecular weight is 294 g/mol. The van der Waals surface area contributed by atoms with E-state index >= 15 is 0 Å². The predicted molar refractivity (Wildman–Crippen MR) is 82.1 cm³/mol. The predicted octanol–water partition coefficient (Wildman–Crippen LogP) is 2.58. The molecule has 22 heavy (non-hydrogen) atoms. The molecule has 2 N–H and O–H groups in total. The summed E-state index contributed by atoms with van der Waals surface area (Å²) in [6, 6.07) is 13.1. The molecule has 0 aliphatic carbocycles. The molecule has 0 saturated heterocycles. The van der Waals surface area contributed by atoms with Crippen LogP contribution in [0.15, 0.2) is 61.1 Å². The second-order valence-electron chi connectivity index (χ2n) is 4.67. The van der Waals surface area contributed by atoms with Crippen LogP contribution < -0.4 is 5.32 Å². The summed E-state index contributed by atoms with van der Waals surface area (Å²) in [5, 5.41) is 16.6. The summed E-state index contributed by atoms with van der Waals surface area (Å²) in [4.78, 5) is 15.4. The van der Waals surface area contributed by atoms with Crippen LogP contribution in [0.25, 0.3) is 5.69 Å². The van der Waals surface area contributed by atoms with E-state index in [0.717, 1.165) is 11.3 Å². The maximum absolute atomic E-state index is 11.4. The fourth-order valence-corrected chi connectivity index (χ4v) is 2.13. The highest BCUT2D eigenvalue weighted by molar-refractivity contribution is 5.93. The van der Waals surface area contributed by atoms with Crippen LogP contribution in [0.2, 0.25) is 0 Å². The van der Waals surface area contributed by atoms with E-state index in [4.69, 9.17) is 0 Å². The molecule has 0 fully saturated rings. The molecule has 0 saturated carbocycles. The number of aromatic carboxylic acids is 1. The molecule has 0 radical (unpaired) electrons. The van der Waals surface area contributed by atoms with E-state index in [1.807, 2.05) is 42.5 Å². The molecule has 0 unspecified atom stereocenters. The molecule has 2 heterocycles. The van der Waals surface area contributed by atoms with Crippen molar-refractivity contribution in [1.82, 2.24) is 14.8 Å². The van der Waals surface area contributed by atoms with E-state index in [0.29, 0.717) is 12.4 Å². The molecular formula is C16H14N4O2. The lowest BCUT2D eigenvalue weighted by atomic mass is 10.2. The number of nitrogens with one attached hydrogen (secondary N) is 1. The van der Waals surface area contributed by atoms with Gasteiger partial charge in [-0.3, -0.25) is 4.98 Å². The fraction of sp³-hybridized carbons (Fsp3) is 0.0625. The van der Waals surface area contributed by atoms with Gasteiger partial charge in [0.2, 0.25) is 0 Å². The van der Waals surface area contributed by atoms with Crippen LogP contribution in [0.3, 0.4) is 0 Å². The monoisotopic (exact) mass is 294 g/mol. The van der Waals surface area contributed by atoms with Gasteiger partial charge in [-0.25, -0.2) is 9.48 Å². The van der Waals surface area contributed by atoms with Gasteiger partial charge in [0.25, 0.3) is 0 Å². The van der Waals surface area contributed by atoms with Gasteiger partial charge in [-0.2, -0.15) is 5.10 Å². The van der Waals surface area contributed by atoms with Crippen LogP contribution in [0.5, 0.6) is 0 Å². The smallest absolute Gasteiger partial charge is 0.341 e. The highest BCUT2D eigenvalue weighted by Crippen LogP contribution is 2.21. The van der Waals surface area contributed by atoms with Crippen LogP contribution in [-0.2, 0) is 6.54 Å². The Balaban J connectivity index is 1.94. The topological polar surface area (TPSA) is 80.0 Å². The summed E-state index contributed by atoms with van der Waals surface area (Å²) in [6.45, 7) is 0.465. The van der Waals surface area contributed by atoms with Crippen molar-refractivity contribution in [1.29, 1.82) is 0 Å².